The number of hydrogen-bond acceptors (Lipinski definition) is 2. The van der Waals surface area contributed by atoms with E-state index < -0.39 is 11.7 Å². The fraction of sp³-hybridized carbons (Fsp3) is 0.619. The lowest BCUT2D eigenvalue weighted by Gasteiger charge is -2.35. The molecule has 0 N–H and O–H groups in total. The van der Waals surface area contributed by atoms with E-state index in [-0.39, 0.29) is 37.2 Å². The number of benzene rings is 1. The first-order valence-electron chi connectivity index (χ1n) is 10.1. The van der Waals surface area contributed by atoms with Gasteiger partial charge in [0.15, 0.2) is 0 Å². The summed E-state index contributed by atoms with van der Waals surface area (Å²) in [6, 6.07) is 5.05. The van der Waals surface area contributed by atoms with Crippen LogP contribution >= 0.6 is 0 Å². The Morgan fingerprint density at radius 3 is 2.43 bits per heavy atom. The summed E-state index contributed by atoms with van der Waals surface area (Å²) >= 11 is 0. The molecule has 1 aromatic carbocycles. The molecule has 2 aliphatic heterocycles. The molecule has 0 aromatic heterocycles. The molecule has 7 heteroatoms. The average molecular weight is 396 g/mol. The van der Waals surface area contributed by atoms with Crippen LogP contribution < -0.4 is 0 Å². The van der Waals surface area contributed by atoms with Gasteiger partial charge in [0.25, 0.3) is 0 Å². The van der Waals surface area contributed by atoms with Crippen LogP contribution in [-0.2, 0) is 22.3 Å². The number of halogens is 3. The topological polar surface area (TPSA) is 40.6 Å². The molecule has 1 aromatic rings. The van der Waals surface area contributed by atoms with Gasteiger partial charge in [-0.2, -0.15) is 13.2 Å². The minimum Gasteiger partial charge on any atom is -0.342 e. The molecule has 0 aliphatic carbocycles. The van der Waals surface area contributed by atoms with E-state index in [4.69, 9.17) is 0 Å². The number of nitrogens with zero attached hydrogens (tertiary/aromatic N) is 2. The van der Waals surface area contributed by atoms with Crippen LogP contribution in [0, 0.1) is 5.92 Å². The van der Waals surface area contributed by atoms with Crippen LogP contribution in [0.5, 0.6) is 0 Å². The Morgan fingerprint density at radius 1 is 1.07 bits per heavy atom. The van der Waals surface area contributed by atoms with E-state index in [1.807, 2.05) is 4.90 Å². The van der Waals surface area contributed by atoms with E-state index in [1.54, 1.807) is 6.07 Å². The third kappa shape index (κ3) is 5.26. The predicted octanol–water partition coefficient (Wildman–Crippen LogP) is 4.24. The van der Waals surface area contributed by atoms with Gasteiger partial charge in [0, 0.05) is 32.6 Å². The first-order valence-corrected chi connectivity index (χ1v) is 10.1. The van der Waals surface area contributed by atoms with Crippen molar-refractivity contribution in [2.45, 2.75) is 57.7 Å². The number of piperidine rings is 1. The van der Waals surface area contributed by atoms with Crippen molar-refractivity contribution in [3.8, 4) is 0 Å². The number of likely N-dealkylation sites (tertiary alicyclic amines) is 2. The van der Waals surface area contributed by atoms with Crippen molar-refractivity contribution in [3.05, 3.63) is 35.4 Å². The van der Waals surface area contributed by atoms with Gasteiger partial charge in [-0.25, -0.2) is 0 Å². The number of rotatable bonds is 3. The summed E-state index contributed by atoms with van der Waals surface area (Å²) in [5.41, 5.74) is -0.287. The number of carbonyl (C=O) groups excluding carboxylic acids is 2. The molecule has 2 aliphatic rings. The second kappa shape index (κ2) is 8.97. The van der Waals surface area contributed by atoms with E-state index >= 15 is 0 Å². The normalized spacial score (nSPS) is 22.0. The lowest BCUT2D eigenvalue weighted by molar-refractivity contribution is -0.143. The molecule has 2 amide bonds. The summed E-state index contributed by atoms with van der Waals surface area (Å²) in [7, 11) is 0. The van der Waals surface area contributed by atoms with Crippen LogP contribution in [0.4, 0.5) is 13.2 Å². The average Bonchev–Trinajstić information content (AvgIpc) is 2.62. The van der Waals surface area contributed by atoms with E-state index in [9.17, 15) is 22.8 Å². The predicted molar refractivity (Wildman–Crippen MR) is 99.3 cm³/mol. The second-order valence-electron chi connectivity index (χ2n) is 7.80. The van der Waals surface area contributed by atoms with Crippen molar-refractivity contribution in [2.75, 3.05) is 19.6 Å². The zero-order chi connectivity index (χ0) is 20.1. The highest BCUT2D eigenvalue weighted by Crippen LogP contribution is 2.30. The monoisotopic (exact) mass is 396 g/mol. The van der Waals surface area contributed by atoms with Gasteiger partial charge < -0.3 is 9.80 Å². The minimum atomic E-state index is -4.41. The lowest BCUT2D eigenvalue weighted by atomic mass is 9.94. The van der Waals surface area contributed by atoms with Gasteiger partial charge in [0.2, 0.25) is 11.8 Å². The fourth-order valence-corrected chi connectivity index (χ4v) is 4.06. The van der Waals surface area contributed by atoms with Crippen molar-refractivity contribution in [1.82, 2.24) is 9.80 Å². The number of carbonyl (C=O) groups is 2. The molecule has 0 spiro atoms. The maximum Gasteiger partial charge on any atom is 0.416 e. The van der Waals surface area contributed by atoms with Crippen LogP contribution in [-0.4, -0.2) is 41.2 Å². The Bertz CT molecular complexity index is 697. The Hall–Kier alpha value is -2.05. The number of amides is 2. The minimum absolute atomic E-state index is 0.0865. The quantitative estimate of drug-likeness (QED) is 0.767. The molecule has 1 atom stereocenters. The van der Waals surface area contributed by atoms with E-state index in [0.717, 1.165) is 50.9 Å². The first kappa shape index (κ1) is 20.7. The molecule has 0 bridgehead atoms. The van der Waals surface area contributed by atoms with Crippen molar-refractivity contribution in [3.63, 3.8) is 0 Å². The molecule has 2 fully saturated rings. The van der Waals surface area contributed by atoms with E-state index in [0.29, 0.717) is 12.0 Å². The van der Waals surface area contributed by atoms with Gasteiger partial charge in [-0.1, -0.05) is 31.4 Å². The molecule has 2 saturated heterocycles. The largest absolute Gasteiger partial charge is 0.416 e. The summed E-state index contributed by atoms with van der Waals surface area (Å²) in [6.45, 7) is 1.91. The molecule has 0 saturated carbocycles. The van der Waals surface area contributed by atoms with Gasteiger partial charge in [0.1, 0.15) is 0 Å². The van der Waals surface area contributed by atoms with Gasteiger partial charge in [-0.05, 0) is 37.0 Å². The summed E-state index contributed by atoms with van der Waals surface area (Å²) in [4.78, 5) is 28.7. The standard InChI is InChI=1S/C21H27F3N2O2/c22-21(23,24)18-8-6-7-16(13-18)14-26-15-17(9-10-19(26)27)20(28)25-11-4-2-1-3-5-12-25/h6-8,13,17H,1-5,9-12,14-15H2/t17-/m0/s1. The van der Waals surface area contributed by atoms with Crippen LogP contribution in [0.3, 0.4) is 0 Å². The molecule has 0 unspecified atom stereocenters. The maximum atomic E-state index is 12.9. The third-order valence-electron chi connectivity index (χ3n) is 5.64. The van der Waals surface area contributed by atoms with Crippen molar-refractivity contribution in [2.24, 2.45) is 5.92 Å². The molecular weight excluding hydrogens is 369 g/mol. The molecule has 28 heavy (non-hydrogen) atoms. The van der Waals surface area contributed by atoms with Gasteiger partial charge in [-0.15, -0.1) is 0 Å². The van der Waals surface area contributed by atoms with Crippen LogP contribution in [0.1, 0.15) is 56.1 Å². The smallest absolute Gasteiger partial charge is 0.342 e. The maximum absolute atomic E-state index is 12.9. The zero-order valence-corrected chi connectivity index (χ0v) is 16.0. The summed E-state index contributed by atoms with van der Waals surface area (Å²) in [6.07, 6.45) is 1.87. The third-order valence-corrected chi connectivity index (χ3v) is 5.64. The highest BCUT2D eigenvalue weighted by atomic mass is 19.4. The Morgan fingerprint density at radius 2 is 1.75 bits per heavy atom. The first-order chi connectivity index (χ1) is 13.3. The molecule has 154 valence electrons. The highest BCUT2D eigenvalue weighted by molar-refractivity contribution is 5.84. The van der Waals surface area contributed by atoms with Crippen molar-refractivity contribution < 1.29 is 22.8 Å². The highest BCUT2D eigenvalue weighted by Gasteiger charge is 2.34. The van der Waals surface area contributed by atoms with E-state index in [1.165, 1.54) is 17.4 Å². The van der Waals surface area contributed by atoms with Crippen LogP contribution in [0.2, 0.25) is 0 Å². The van der Waals surface area contributed by atoms with Crippen molar-refractivity contribution >= 4 is 11.8 Å². The summed E-state index contributed by atoms with van der Waals surface area (Å²) in [5, 5.41) is 0. The van der Waals surface area contributed by atoms with Crippen molar-refractivity contribution in [1.29, 1.82) is 0 Å². The van der Waals surface area contributed by atoms with Gasteiger partial charge in [0.05, 0.1) is 11.5 Å². The van der Waals surface area contributed by atoms with E-state index in [2.05, 4.69) is 0 Å². The molecular formula is C21H27F3N2O2. The molecule has 0 radical (unpaired) electrons. The Balaban J connectivity index is 1.65. The van der Waals surface area contributed by atoms with Gasteiger partial charge >= 0.3 is 6.18 Å². The molecule has 2 heterocycles. The SMILES string of the molecule is O=C1CC[C@H](C(=O)N2CCCCCCC2)CN1Cc1cccc(C(F)(F)F)c1. The zero-order valence-electron chi connectivity index (χ0n) is 16.0. The Labute approximate surface area is 163 Å². The number of alkyl halides is 3. The molecule has 3 rings (SSSR count). The Kier molecular flexibility index (Phi) is 6.62. The second-order valence-corrected chi connectivity index (χ2v) is 7.80. The number of hydrogen-bond donors (Lipinski definition) is 0. The lowest BCUT2D eigenvalue weighted by Crippen LogP contribution is -2.47. The summed E-state index contributed by atoms with van der Waals surface area (Å²) in [5.74, 6) is -0.277. The van der Waals surface area contributed by atoms with Crippen LogP contribution in [0.25, 0.3) is 0 Å². The summed E-state index contributed by atoms with van der Waals surface area (Å²) < 4.78 is 38.8. The van der Waals surface area contributed by atoms with Gasteiger partial charge in [-0.3, -0.25) is 9.59 Å². The van der Waals surface area contributed by atoms with Crippen LogP contribution in [0.15, 0.2) is 24.3 Å². The fourth-order valence-electron chi connectivity index (χ4n) is 4.06. The molecule has 4 nitrogen and oxygen atoms in total.